The number of esters is 1. The summed E-state index contributed by atoms with van der Waals surface area (Å²) in [5.74, 6) is -0.334. The molecular formula is C13H13N2O2+. The van der Waals surface area contributed by atoms with Gasteiger partial charge in [0.2, 0.25) is 11.9 Å². The predicted octanol–water partition coefficient (Wildman–Crippen LogP) is 1.45. The predicted molar refractivity (Wildman–Crippen MR) is 61.8 cm³/mol. The van der Waals surface area contributed by atoms with Crippen LogP contribution in [0.1, 0.15) is 16.1 Å². The molecule has 0 bridgehead atoms. The Balaban J connectivity index is 2.32. The molecule has 86 valence electrons. The van der Waals surface area contributed by atoms with Crippen LogP contribution < -0.4 is 4.68 Å². The zero-order valence-electron chi connectivity index (χ0n) is 9.75. The number of aryl methyl sites for hydroxylation is 1. The van der Waals surface area contributed by atoms with Crippen LogP contribution >= 0.6 is 0 Å². The lowest BCUT2D eigenvalue weighted by atomic mass is 10.2. The number of methoxy groups -OCH3 is 1. The van der Waals surface area contributed by atoms with E-state index in [9.17, 15) is 4.79 Å². The molecule has 0 aliphatic rings. The maximum absolute atomic E-state index is 11.3. The molecule has 2 aromatic rings. The van der Waals surface area contributed by atoms with E-state index in [2.05, 4.69) is 9.84 Å². The number of rotatable bonds is 2. The van der Waals surface area contributed by atoms with E-state index < -0.39 is 0 Å². The molecule has 0 aliphatic heterocycles. The summed E-state index contributed by atoms with van der Waals surface area (Å²) in [5, 5.41) is 4.34. The average Bonchev–Trinajstić information content (AvgIpc) is 2.38. The van der Waals surface area contributed by atoms with Crippen molar-refractivity contribution < 1.29 is 14.2 Å². The molecule has 4 nitrogen and oxygen atoms in total. The fraction of sp³-hybridized carbons (Fsp3) is 0.154. The Labute approximate surface area is 99.5 Å². The first kappa shape index (κ1) is 11.3. The van der Waals surface area contributed by atoms with Crippen LogP contribution in [0.5, 0.6) is 0 Å². The molecule has 0 amide bonds. The Morgan fingerprint density at radius 1 is 1.24 bits per heavy atom. The molecule has 1 aromatic carbocycles. The van der Waals surface area contributed by atoms with Gasteiger partial charge in [0.25, 0.3) is 0 Å². The minimum absolute atomic E-state index is 0.334. The number of nitrogens with zero attached hydrogens (tertiary/aromatic N) is 2. The van der Waals surface area contributed by atoms with Crippen LogP contribution in [0.15, 0.2) is 42.6 Å². The number of carbonyl (C=O) groups is 1. The standard InChI is InChI=1S/C13H13N2O2/c1-10-4-3-9-15(14-10)12-7-5-11(6-8-12)13(16)17-2/h3-9H,1-2H3/q+1. The van der Waals surface area contributed by atoms with E-state index in [-0.39, 0.29) is 5.97 Å². The summed E-state index contributed by atoms with van der Waals surface area (Å²) < 4.78 is 6.40. The lowest BCUT2D eigenvalue weighted by Gasteiger charge is -1.98. The lowest BCUT2D eigenvalue weighted by Crippen LogP contribution is -2.35. The van der Waals surface area contributed by atoms with Crippen LogP contribution in [0, 0.1) is 6.92 Å². The van der Waals surface area contributed by atoms with Crippen molar-refractivity contribution in [3.63, 3.8) is 0 Å². The molecule has 2 rings (SSSR count). The van der Waals surface area contributed by atoms with Crippen molar-refractivity contribution in [1.29, 1.82) is 0 Å². The van der Waals surface area contributed by atoms with Crippen LogP contribution in [0.4, 0.5) is 0 Å². The molecule has 0 N–H and O–H groups in total. The molecule has 1 aromatic heterocycles. The van der Waals surface area contributed by atoms with Gasteiger partial charge in [0.15, 0.2) is 0 Å². The summed E-state index contributed by atoms with van der Waals surface area (Å²) >= 11 is 0. The second-order valence-electron chi connectivity index (χ2n) is 3.63. The fourth-order valence-corrected chi connectivity index (χ4v) is 1.51. The van der Waals surface area contributed by atoms with Crippen LogP contribution in [0.3, 0.4) is 0 Å². The zero-order chi connectivity index (χ0) is 12.3. The van der Waals surface area contributed by atoms with Crippen molar-refractivity contribution >= 4 is 5.97 Å². The Morgan fingerprint density at radius 2 is 1.94 bits per heavy atom. The van der Waals surface area contributed by atoms with E-state index in [1.807, 2.05) is 37.4 Å². The van der Waals surface area contributed by atoms with Gasteiger partial charge in [0, 0.05) is 23.3 Å². The Bertz CT molecular complexity index is 535. The van der Waals surface area contributed by atoms with Crippen LogP contribution in [-0.2, 0) is 4.74 Å². The molecule has 0 atom stereocenters. The first-order valence-electron chi connectivity index (χ1n) is 5.25. The van der Waals surface area contributed by atoms with Crippen molar-refractivity contribution in [3.05, 3.63) is 53.9 Å². The van der Waals surface area contributed by atoms with E-state index >= 15 is 0 Å². The summed E-state index contributed by atoms with van der Waals surface area (Å²) in [5.41, 5.74) is 2.37. The third-order valence-corrected chi connectivity index (χ3v) is 2.38. The molecule has 0 aliphatic carbocycles. The van der Waals surface area contributed by atoms with Gasteiger partial charge in [-0.25, -0.2) is 4.79 Å². The first-order valence-corrected chi connectivity index (χ1v) is 5.25. The topological polar surface area (TPSA) is 43.1 Å². The van der Waals surface area contributed by atoms with Gasteiger partial charge < -0.3 is 4.74 Å². The summed E-state index contributed by atoms with van der Waals surface area (Å²) in [6.45, 7) is 1.93. The summed E-state index contributed by atoms with van der Waals surface area (Å²) in [6.07, 6.45) is 1.86. The minimum Gasteiger partial charge on any atom is -0.465 e. The van der Waals surface area contributed by atoms with Gasteiger partial charge in [0.05, 0.1) is 12.7 Å². The highest BCUT2D eigenvalue weighted by Crippen LogP contribution is 2.05. The zero-order valence-corrected chi connectivity index (χ0v) is 9.75. The van der Waals surface area contributed by atoms with E-state index in [1.54, 1.807) is 16.8 Å². The van der Waals surface area contributed by atoms with Gasteiger partial charge in [-0.1, -0.05) is 4.68 Å². The van der Waals surface area contributed by atoms with Crippen LogP contribution in [0.25, 0.3) is 5.69 Å². The Hall–Kier alpha value is -2.23. The molecule has 4 heteroatoms. The summed E-state index contributed by atoms with van der Waals surface area (Å²) in [4.78, 5) is 11.3. The Morgan fingerprint density at radius 3 is 2.53 bits per heavy atom. The third-order valence-electron chi connectivity index (χ3n) is 2.38. The summed E-state index contributed by atoms with van der Waals surface area (Å²) in [6, 6.07) is 11.0. The van der Waals surface area contributed by atoms with Crippen molar-refractivity contribution in [1.82, 2.24) is 5.10 Å². The van der Waals surface area contributed by atoms with E-state index in [1.165, 1.54) is 7.11 Å². The molecule has 0 spiro atoms. The van der Waals surface area contributed by atoms with Gasteiger partial charge in [0.1, 0.15) is 5.69 Å². The van der Waals surface area contributed by atoms with E-state index in [0.29, 0.717) is 5.56 Å². The van der Waals surface area contributed by atoms with Gasteiger partial charge >= 0.3 is 5.97 Å². The monoisotopic (exact) mass is 229 g/mol. The van der Waals surface area contributed by atoms with Gasteiger partial charge in [-0.05, 0) is 25.1 Å². The highest BCUT2D eigenvalue weighted by molar-refractivity contribution is 5.89. The van der Waals surface area contributed by atoms with Crippen LogP contribution in [-0.4, -0.2) is 18.2 Å². The van der Waals surface area contributed by atoms with E-state index in [4.69, 9.17) is 0 Å². The normalized spacial score (nSPS) is 10.0. The van der Waals surface area contributed by atoms with Crippen molar-refractivity contribution in [2.75, 3.05) is 7.11 Å². The number of ether oxygens (including phenoxy) is 1. The first-order chi connectivity index (χ1) is 8.20. The highest BCUT2D eigenvalue weighted by Gasteiger charge is 2.10. The van der Waals surface area contributed by atoms with Crippen molar-refractivity contribution in [2.45, 2.75) is 6.92 Å². The second kappa shape index (κ2) is 4.74. The number of carbonyl (C=O) groups excluding carboxylic acids is 1. The molecule has 0 saturated carbocycles. The smallest absolute Gasteiger partial charge is 0.337 e. The number of aromatic nitrogens is 2. The van der Waals surface area contributed by atoms with Gasteiger partial charge in [-0.2, -0.15) is 0 Å². The largest absolute Gasteiger partial charge is 0.465 e. The SMILES string of the molecule is COC(=O)c1ccc(-[n+]2cccc(C)n2)cc1. The molecule has 17 heavy (non-hydrogen) atoms. The lowest BCUT2D eigenvalue weighted by molar-refractivity contribution is -0.660. The maximum atomic E-state index is 11.3. The van der Waals surface area contributed by atoms with Crippen molar-refractivity contribution in [3.8, 4) is 5.69 Å². The highest BCUT2D eigenvalue weighted by atomic mass is 16.5. The molecule has 0 fully saturated rings. The maximum Gasteiger partial charge on any atom is 0.337 e. The third kappa shape index (κ3) is 2.47. The average molecular weight is 229 g/mol. The molecule has 0 unspecified atom stereocenters. The van der Waals surface area contributed by atoms with Crippen molar-refractivity contribution in [2.24, 2.45) is 0 Å². The Kier molecular flexibility index (Phi) is 3.14. The number of hydrogen-bond acceptors (Lipinski definition) is 3. The fourth-order valence-electron chi connectivity index (χ4n) is 1.51. The summed E-state index contributed by atoms with van der Waals surface area (Å²) in [7, 11) is 1.37. The van der Waals surface area contributed by atoms with Crippen LogP contribution in [0.2, 0.25) is 0 Å². The van der Waals surface area contributed by atoms with Gasteiger partial charge in [-0.15, -0.1) is 0 Å². The quantitative estimate of drug-likeness (QED) is 0.578. The number of hydrogen-bond donors (Lipinski definition) is 0. The molecule has 1 heterocycles. The van der Waals surface area contributed by atoms with Gasteiger partial charge in [-0.3, -0.25) is 0 Å². The molecule has 0 radical (unpaired) electrons. The number of benzene rings is 1. The molecular weight excluding hydrogens is 216 g/mol. The minimum atomic E-state index is -0.334. The van der Waals surface area contributed by atoms with E-state index in [0.717, 1.165) is 11.4 Å². The second-order valence-corrected chi connectivity index (χ2v) is 3.63. The molecule has 0 saturated heterocycles.